The molecule has 0 radical (unpaired) electrons. The molecule has 24 heavy (non-hydrogen) atoms. The number of hydrogen-bond donors (Lipinski definition) is 1. The van der Waals surface area contributed by atoms with E-state index >= 15 is 0 Å². The molecule has 1 aromatic carbocycles. The summed E-state index contributed by atoms with van der Waals surface area (Å²) in [5.74, 6) is 1.18. The normalized spacial score (nSPS) is 17.2. The molecule has 5 nitrogen and oxygen atoms in total. The molecule has 1 N–H and O–H groups in total. The van der Waals surface area contributed by atoms with Crippen LogP contribution in [0.4, 0.5) is 0 Å². The summed E-state index contributed by atoms with van der Waals surface area (Å²) >= 11 is 0. The summed E-state index contributed by atoms with van der Waals surface area (Å²) in [5, 5.41) is 12.6. The lowest BCUT2D eigenvalue weighted by molar-refractivity contribution is 0.335. The van der Waals surface area contributed by atoms with Crippen molar-refractivity contribution >= 4 is 0 Å². The Morgan fingerprint density at radius 3 is 2.71 bits per heavy atom. The topological polar surface area (TPSA) is 67.0 Å². The average Bonchev–Trinajstić information content (AvgIpc) is 2.64. The lowest BCUT2D eigenvalue weighted by Gasteiger charge is -2.25. The van der Waals surface area contributed by atoms with Crippen molar-refractivity contribution in [1.29, 1.82) is 5.26 Å². The Labute approximate surface area is 141 Å². The highest BCUT2D eigenvalue weighted by Crippen LogP contribution is 2.23. The number of pyridine rings is 1. The van der Waals surface area contributed by atoms with Crippen LogP contribution in [0, 0.1) is 17.2 Å². The van der Waals surface area contributed by atoms with Gasteiger partial charge in [-0.25, -0.2) is 0 Å². The van der Waals surface area contributed by atoms with E-state index in [9.17, 15) is 10.1 Å². The fourth-order valence-electron chi connectivity index (χ4n) is 3.20. The minimum atomic E-state index is -0.212. The summed E-state index contributed by atoms with van der Waals surface area (Å²) in [6.45, 7) is 2.57. The van der Waals surface area contributed by atoms with Crippen molar-refractivity contribution in [3.63, 3.8) is 0 Å². The van der Waals surface area contributed by atoms with E-state index in [0.29, 0.717) is 12.5 Å². The van der Waals surface area contributed by atoms with Gasteiger partial charge >= 0.3 is 0 Å². The molecule has 1 aromatic heterocycles. The van der Waals surface area contributed by atoms with Crippen LogP contribution in [0.25, 0.3) is 11.3 Å². The SMILES string of the molecule is COc1ccc(-c2ccc(C#N)c(=O)n2CC2CCCNC2)cc1. The molecular weight excluding hydrogens is 302 g/mol. The monoisotopic (exact) mass is 323 g/mol. The minimum Gasteiger partial charge on any atom is -0.497 e. The van der Waals surface area contributed by atoms with E-state index in [4.69, 9.17) is 4.74 Å². The minimum absolute atomic E-state index is 0.191. The first-order valence-electron chi connectivity index (χ1n) is 8.22. The Morgan fingerprint density at radius 1 is 1.29 bits per heavy atom. The summed E-state index contributed by atoms with van der Waals surface area (Å²) < 4.78 is 6.95. The molecule has 124 valence electrons. The predicted molar refractivity (Wildman–Crippen MR) is 93.0 cm³/mol. The predicted octanol–water partition coefficient (Wildman–Crippen LogP) is 2.40. The molecule has 1 fully saturated rings. The third-order valence-electron chi connectivity index (χ3n) is 4.52. The zero-order chi connectivity index (χ0) is 16.9. The summed E-state index contributed by atoms with van der Waals surface area (Å²) in [6, 6.07) is 13.1. The molecule has 0 bridgehead atoms. The molecule has 1 aliphatic heterocycles. The number of nitrogens with one attached hydrogen (secondary N) is 1. The van der Waals surface area contributed by atoms with Gasteiger partial charge in [-0.2, -0.15) is 5.26 Å². The maximum atomic E-state index is 12.7. The van der Waals surface area contributed by atoms with Crippen molar-refractivity contribution in [3.05, 3.63) is 52.3 Å². The van der Waals surface area contributed by atoms with Crippen LogP contribution in [-0.2, 0) is 6.54 Å². The van der Waals surface area contributed by atoms with Gasteiger partial charge in [-0.05, 0) is 73.8 Å². The number of hydrogen-bond acceptors (Lipinski definition) is 4. The third kappa shape index (κ3) is 3.34. The first-order chi connectivity index (χ1) is 11.7. The first kappa shape index (κ1) is 16.3. The molecule has 3 rings (SSSR count). The molecule has 2 aromatic rings. The number of nitriles is 1. The van der Waals surface area contributed by atoms with Crippen LogP contribution in [0.15, 0.2) is 41.2 Å². The molecule has 1 unspecified atom stereocenters. The lowest BCUT2D eigenvalue weighted by atomic mass is 9.99. The van der Waals surface area contributed by atoms with Gasteiger partial charge in [-0.3, -0.25) is 4.79 Å². The fraction of sp³-hybridized carbons (Fsp3) is 0.368. The largest absolute Gasteiger partial charge is 0.497 e. The Kier molecular flexibility index (Phi) is 4.97. The molecule has 0 saturated carbocycles. The smallest absolute Gasteiger partial charge is 0.268 e. The molecule has 0 amide bonds. The summed E-state index contributed by atoms with van der Waals surface area (Å²) in [7, 11) is 1.63. The Morgan fingerprint density at radius 2 is 2.08 bits per heavy atom. The Balaban J connectivity index is 2.02. The summed E-state index contributed by atoms with van der Waals surface area (Å²) in [5.41, 5.74) is 1.76. The van der Waals surface area contributed by atoms with E-state index < -0.39 is 0 Å². The summed E-state index contributed by atoms with van der Waals surface area (Å²) in [6.07, 6.45) is 2.22. The number of methoxy groups -OCH3 is 1. The van der Waals surface area contributed by atoms with Gasteiger partial charge in [0.1, 0.15) is 17.4 Å². The van der Waals surface area contributed by atoms with Gasteiger partial charge in [0.15, 0.2) is 0 Å². The van der Waals surface area contributed by atoms with Crippen molar-refractivity contribution in [1.82, 2.24) is 9.88 Å². The number of nitrogens with zero attached hydrogens (tertiary/aromatic N) is 2. The average molecular weight is 323 g/mol. The Bertz CT molecular complexity index is 797. The van der Waals surface area contributed by atoms with Gasteiger partial charge in [-0.1, -0.05) is 0 Å². The van der Waals surface area contributed by atoms with Crippen molar-refractivity contribution in [2.45, 2.75) is 19.4 Å². The highest BCUT2D eigenvalue weighted by molar-refractivity contribution is 5.61. The zero-order valence-electron chi connectivity index (χ0n) is 13.8. The van der Waals surface area contributed by atoms with Crippen LogP contribution in [-0.4, -0.2) is 24.8 Å². The molecule has 2 heterocycles. The van der Waals surface area contributed by atoms with Crippen molar-refractivity contribution < 1.29 is 4.74 Å². The Hall–Kier alpha value is -2.58. The molecule has 1 saturated heterocycles. The maximum Gasteiger partial charge on any atom is 0.268 e. The van der Waals surface area contributed by atoms with Gasteiger partial charge in [0.2, 0.25) is 0 Å². The van der Waals surface area contributed by atoms with Gasteiger partial charge in [0, 0.05) is 6.54 Å². The van der Waals surface area contributed by atoms with Crippen LogP contribution in [0.1, 0.15) is 18.4 Å². The van der Waals surface area contributed by atoms with Crippen LogP contribution in [0.2, 0.25) is 0 Å². The van der Waals surface area contributed by atoms with Crippen LogP contribution >= 0.6 is 0 Å². The standard InChI is InChI=1S/C19H21N3O2/c1-24-17-7-4-15(5-8-17)18-9-6-16(11-20)19(23)22(18)13-14-3-2-10-21-12-14/h4-9,14,21H,2-3,10,12-13H2,1H3. The van der Waals surface area contributed by atoms with Crippen LogP contribution in [0.5, 0.6) is 5.75 Å². The zero-order valence-corrected chi connectivity index (χ0v) is 13.8. The molecular formula is C19H21N3O2. The van der Waals surface area contributed by atoms with Gasteiger partial charge < -0.3 is 14.6 Å². The van der Waals surface area contributed by atoms with E-state index in [2.05, 4.69) is 5.32 Å². The molecule has 1 aliphatic rings. The molecule has 0 aliphatic carbocycles. The third-order valence-corrected chi connectivity index (χ3v) is 4.52. The highest BCUT2D eigenvalue weighted by atomic mass is 16.5. The van der Waals surface area contributed by atoms with E-state index in [1.54, 1.807) is 17.7 Å². The van der Waals surface area contributed by atoms with E-state index in [-0.39, 0.29) is 11.1 Å². The second-order valence-electron chi connectivity index (χ2n) is 6.10. The van der Waals surface area contributed by atoms with Crippen LogP contribution < -0.4 is 15.6 Å². The number of rotatable bonds is 4. The second-order valence-corrected chi connectivity index (χ2v) is 6.10. The number of aromatic nitrogens is 1. The maximum absolute atomic E-state index is 12.7. The van der Waals surface area contributed by atoms with Gasteiger partial charge in [0.05, 0.1) is 12.8 Å². The highest BCUT2D eigenvalue weighted by Gasteiger charge is 2.18. The molecule has 1 atom stereocenters. The molecule has 5 heteroatoms. The summed E-state index contributed by atoms with van der Waals surface area (Å²) in [4.78, 5) is 12.7. The second kappa shape index (κ2) is 7.33. The first-order valence-corrected chi connectivity index (χ1v) is 8.22. The van der Waals surface area contributed by atoms with E-state index in [0.717, 1.165) is 42.9 Å². The van der Waals surface area contributed by atoms with Crippen molar-refractivity contribution in [3.8, 4) is 23.1 Å². The number of piperidine rings is 1. The van der Waals surface area contributed by atoms with E-state index in [1.807, 2.05) is 36.4 Å². The fourth-order valence-corrected chi connectivity index (χ4v) is 3.20. The van der Waals surface area contributed by atoms with Gasteiger partial charge in [-0.15, -0.1) is 0 Å². The van der Waals surface area contributed by atoms with Crippen molar-refractivity contribution in [2.24, 2.45) is 5.92 Å². The molecule has 0 spiro atoms. The van der Waals surface area contributed by atoms with Crippen LogP contribution in [0.3, 0.4) is 0 Å². The van der Waals surface area contributed by atoms with Crippen molar-refractivity contribution in [2.75, 3.05) is 20.2 Å². The van der Waals surface area contributed by atoms with E-state index in [1.165, 1.54) is 0 Å². The lowest BCUT2D eigenvalue weighted by Crippen LogP contribution is -2.35. The number of ether oxygens (including phenoxy) is 1. The number of benzene rings is 1. The van der Waals surface area contributed by atoms with Gasteiger partial charge in [0.25, 0.3) is 5.56 Å². The quantitative estimate of drug-likeness (QED) is 0.938.